The zero-order chi connectivity index (χ0) is 17.0. The van der Waals surface area contributed by atoms with Crippen molar-refractivity contribution in [3.8, 4) is 0 Å². The third-order valence-corrected chi connectivity index (χ3v) is 4.19. The molecule has 0 aliphatic heterocycles. The molecule has 0 saturated carbocycles. The Bertz CT molecular complexity index is 632. The van der Waals surface area contributed by atoms with Gasteiger partial charge in [-0.1, -0.05) is 36.4 Å². The van der Waals surface area contributed by atoms with E-state index in [1.54, 1.807) is 11.3 Å². The summed E-state index contributed by atoms with van der Waals surface area (Å²) in [6, 6.07) is 14.2. The lowest BCUT2D eigenvalue weighted by atomic mass is 10.1. The topological polar surface area (TPSA) is 65.5 Å². The number of benzene rings is 1. The number of carbonyl (C=O) groups excluding carboxylic acids is 1. The lowest BCUT2D eigenvalue weighted by Crippen LogP contribution is -2.38. The molecule has 0 aliphatic rings. The molecule has 1 amide bonds. The molecule has 2 rings (SSSR count). The molecular formula is C18H25IN4OS. The Kier molecular flexibility index (Phi) is 10.9. The van der Waals surface area contributed by atoms with Crippen molar-refractivity contribution in [3.05, 3.63) is 58.3 Å². The lowest BCUT2D eigenvalue weighted by molar-refractivity contribution is -0.119. The van der Waals surface area contributed by atoms with Crippen LogP contribution in [0.1, 0.15) is 17.4 Å². The number of carbonyl (C=O) groups is 1. The molecule has 0 atom stereocenters. The van der Waals surface area contributed by atoms with Crippen molar-refractivity contribution in [3.63, 3.8) is 0 Å². The summed E-state index contributed by atoms with van der Waals surface area (Å²) < 4.78 is 0. The largest absolute Gasteiger partial charge is 0.357 e. The predicted octanol–water partition coefficient (Wildman–Crippen LogP) is 2.78. The van der Waals surface area contributed by atoms with Gasteiger partial charge in [-0.2, -0.15) is 0 Å². The predicted molar refractivity (Wildman–Crippen MR) is 116 cm³/mol. The fraction of sp³-hybridized carbons (Fsp3) is 0.333. The summed E-state index contributed by atoms with van der Waals surface area (Å²) in [7, 11) is 0. The number of amides is 1. The minimum absolute atomic E-state index is 0. The Labute approximate surface area is 170 Å². The van der Waals surface area contributed by atoms with Gasteiger partial charge in [0.15, 0.2) is 5.96 Å². The van der Waals surface area contributed by atoms with Crippen LogP contribution in [0.3, 0.4) is 0 Å². The van der Waals surface area contributed by atoms with Gasteiger partial charge in [0.1, 0.15) is 6.54 Å². The highest BCUT2D eigenvalue weighted by Gasteiger charge is 2.03. The van der Waals surface area contributed by atoms with Crippen LogP contribution in [0, 0.1) is 0 Å². The second kappa shape index (κ2) is 12.7. The van der Waals surface area contributed by atoms with Crippen LogP contribution in [0.15, 0.2) is 52.8 Å². The minimum atomic E-state index is -0.0701. The monoisotopic (exact) mass is 472 g/mol. The van der Waals surface area contributed by atoms with Gasteiger partial charge in [0.05, 0.1) is 6.54 Å². The van der Waals surface area contributed by atoms with E-state index in [1.807, 2.05) is 36.6 Å². The number of hydrogen-bond acceptors (Lipinski definition) is 3. The van der Waals surface area contributed by atoms with Gasteiger partial charge in [0, 0.05) is 18.0 Å². The van der Waals surface area contributed by atoms with Crippen molar-refractivity contribution in [2.45, 2.75) is 19.9 Å². The maximum Gasteiger partial charge on any atom is 0.241 e. The number of nitrogens with zero attached hydrogens (tertiary/aromatic N) is 1. The maximum atomic E-state index is 11.9. The molecule has 0 fully saturated rings. The number of aliphatic imine (C=N–C) groups is 1. The molecule has 7 heteroatoms. The Morgan fingerprint density at radius 1 is 1.08 bits per heavy atom. The molecule has 5 nitrogen and oxygen atoms in total. The first kappa shape index (κ1) is 21.4. The first-order valence-electron chi connectivity index (χ1n) is 8.13. The van der Waals surface area contributed by atoms with Crippen LogP contribution in [-0.2, 0) is 17.8 Å². The average Bonchev–Trinajstić information content (AvgIpc) is 3.12. The van der Waals surface area contributed by atoms with Crippen molar-refractivity contribution in [2.24, 2.45) is 4.99 Å². The average molecular weight is 472 g/mol. The second-order valence-corrected chi connectivity index (χ2v) is 6.25. The molecule has 2 aromatic rings. The summed E-state index contributed by atoms with van der Waals surface area (Å²) in [4.78, 5) is 17.5. The molecule has 0 radical (unpaired) electrons. The number of thiophene rings is 1. The molecule has 1 aromatic heterocycles. The summed E-state index contributed by atoms with van der Waals surface area (Å²) in [5.41, 5.74) is 1.22. The lowest BCUT2D eigenvalue weighted by Gasteiger charge is -2.10. The number of guanidine groups is 1. The molecule has 25 heavy (non-hydrogen) atoms. The molecule has 0 unspecified atom stereocenters. The zero-order valence-corrected chi connectivity index (χ0v) is 17.5. The van der Waals surface area contributed by atoms with Gasteiger partial charge in [0.2, 0.25) is 5.91 Å². The molecule has 0 bridgehead atoms. The minimum Gasteiger partial charge on any atom is -0.357 e. The number of hydrogen-bond donors (Lipinski definition) is 3. The van der Waals surface area contributed by atoms with Crippen molar-refractivity contribution in [1.29, 1.82) is 0 Å². The van der Waals surface area contributed by atoms with Gasteiger partial charge in [-0.05, 0) is 30.4 Å². The molecule has 136 valence electrons. The van der Waals surface area contributed by atoms with E-state index in [-0.39, 0.29) is 36.4 Å². The van der Waals surface area contributed by atoms with Gasteiger partial charge < -0.3 is 16.0 Å². The second-order valence-electron chi connectivity index (χ2n) is 5.21. The van der Waals surface area contributed by atoms with Crippen LogP contribution in [0.2, 0.25) is 0 Å². The van der Waals surface area contributed by atoms with E-state index in [2.05, 4.69) is 39.1 Å². The highest BCUT2D eigenvalue weighted by atomic mass is 127. The van der Waals surface area contributed by atoms with Crippen LogP contribution in [0.4, 0.5) is 0 Å². The number of nitrogens with one attached hydrogen (secondary N) is 3. The van der Waals surface area contributed by atoms with Crippen LogP contribution in [0.25, 0.3) is 0 Å². The van der Waals surface area contributed by atoms with E-state index in [4.69, 9.17) is 0 Å². The van der Waals surface area contributed by atoms with Crippen LogP contribution >= 0.6 is 35.3 Å². The fourth-order valence-electron chi connectivity index (χ4n) is 2.12. The number of rotatable bonds is 8. The quantitative estimate of drug-likeness (QED) is 0.315. The van der Waals surface area contributed by atoms with Crippen molar-refractivity contribution < 1.29 is 4.79 Å². The molecule has 0 saturated heterocycles. The van der Waals surface area contributed by atoms with Crippen LogP contribution < -0.4 is 16.0 Å². The van der Waals surface area contributed by atoms with Gasteiger partial charge in [-0.3, -0.25) is 4.79 Å². The van der Waals surface area contributed by atoms with Gasteiger partial charge in [0.25, 0.3) is 0 Å². The van der Waals surface area contributed by atoms with Crippen LogP contribution in [-0.4, -0.2) is 31.5 Å². The van der Waals surface area contributed by atoms with E-state index in [0.29, 0.717) is 19.0 Å². The summed E-state index contributed by atoms with van der Waals surface area (Å²) in [6.07, 6.45) is 0.826. The third-order valence-electron chi connectivity index (χ3n) is 3.31. The molecule has 3 N–H and O–H groups in total. The van der Waals surface area contributed by atoms with Gasteiger partial charge in [-0.25, -0.2) is 4.99 Å². The summed E-state index contributed by atoms with van der Waals surface area (Å²) in [5.74, 6) is 0.586. The van der Waals surface area contributed by atoms with E-state index < -0.39 is 0 Å². The standard InChI is InChI=1S/C18H24N4OS.HI/c1-2-19-18(21-13-16-9-6-12-24-16)22-14-17(23)20-11-10-15-7-4-3-5-8-15;/h3-9,12H,2,10-11,13-14H2,1H3,(H,20,23)(H2,19,21,22);1H. The molecule has 1 aromatic carbocycles. The maximum absolute atomic E-state index is 11.9. The Hall–Kier alpha value is -1.61. The Morgan fingerprint density at radius 2 is 1.88 bits per heavy atom. The summed E-state index contributed by atoms with van der Waals surface area (Å²) >= 11 is 1.69. The van der Waals surface area contributed by atoms with Gasteiger partial charge >= 0.3 is 0 Å². The first-order valence-corrected chi connectivity index (χ1v) is 9.01. The Balaban J connectivity index is 0.00000312. The normalized spacial score (nSPS) is 10.7. The smallest absolute Gasteiger partial charge is 0.241 e. The SMILES string of the molecule is CCNC(=NCC(=O)NCCc1ccccc1)NCc1cccs1.I. The highest BCUT2D eigenvalue weighted by Crippen LogP contribution is 2.07. The Morgan fingerprint density at radius 3 is 2.56 bits per heavy atom. The van der Waals surface area contributed by atoms with E-state index in [9.17, 15) is 4.79 Å². The number of halogens is 1. The third kappa shape index (κ3) is 8.87. The van der Waals surface area contributed by atoms with E-state index in [1.165, 1.54) is 10.4 Å². The van der Waals surface area contributed by atoms with E-state index >= 15 is 0 Å². The molecule has 0 aliphatic carbocycles. The molecule has 1 heterocycles. The van der Waals surface area contributed by atoms with Crippen molar-refractivity contribution >= 4 is 47.2 Å². The summed E-state index contributed by atoms with van der Waals surface area (Å²) in [6.45, 7) is 4.21. The van der Waals surface area contributed by atoms with Crippen molar-refractivity contribution in [2.75, 3.05) is 19.6 Å². The van der Waals surface area contributed by atoms with Crippen LogP contribution in [0.5, 0.6) is 0 Å². The first-order chi connectivity index (χ1) is 11.8. The molecule has 0 spiro atoms. The highest BCUT2D eigenvalue weighted by molar-refractivity contribution is 14.0. The fourth-order valence-corrected chi connectivity index (χ4v) is 2.77. The van der Waals surface area contributed by atoms with Gasteiger partial charge in [-0.15, -0.1) is 35.3 Å². The summed E-state index contributed by atoms with van der Waals surface area (Å²) in [5, 5.41) is 11.3. The van der Waals surface area contributed by atoms with E-state index in [0.717, 1.165) is 13.0 Å². The zero-order valence-electron chi connectivity index (χ0n) is 14.3. The van der Waals surface area contributed by atoms with Crippen molar-refractivity contribution in [1.82, 2.24) is 16.0 Å². The molecular weight excluding hydrogens is 447 g/mol.